The van der Waals surface area contributed by atoms with E-state index in [0.717, 1.165) is 12.1 Å². The molecule has 2 rings (SSSR count). The van der Waals surface area contributed by atoms with E-state index in [1.807, 2.05) is 13.8 Å². The number of phenols is 2. The van der Waals surface area contributed by atoms with E-state index in [0.29, 0.717) is 12.8 Å². The monoisotopic (exact) mass is 480 g/mol. The minimum Gasteiger partial charge on any atom is -0.502 e. The van der Waals surface area contributed by atoms with Crippen LogP contribution in [0.15, 0.2) is 24.3 Å². The van der Waals surface area contributed by atoms with Gasteiger partial charge in [0, 0.05) is 23.3 Å². The normalized spacial score (nSPS) is 12.1. The molecule has 0 heterocycles. The van der Waals surface area contributed by atoms with Crippen molar-refractivity contribution in [1.82, 2.24) is 0 Å². The molecule has 0 fully saturated rings. The van der Waals surface area contributed by atoms with Gasteiger partial charge in [0.25, 0.3) is 11.4 Å². The van der Waals surface area contributed by atoms with E-state index in [1.54, 1.807) is 13.8 Å². The maximum absolute atomic E-state index is 10.7. The minimum absolute atomic E-state index is 0.186. The lowest BCUT2D eigenvalue weighted by molar-refractivity contribution is -0.395. The number of nitro benzene ring substituents is 4. The fraction of sp³-hybridized carbons (Fsp3) is 0.400. The van der Waals surface area contributed by atoms with Crippen molar-refractivity contribution < 1.29 is 29.9 Å². The highest BCUT2D eigenvalue weighted by Crippen LogP contribution is 2.40. The second-order valence-corrected chi connectivity index (χ2v) is 7.45. The zero-order chi connectivity index (χ0) is 26.3. The molecule has 0 radical (unpaired) electrons. The molecule has 0 spiro atoms. The van der Waals surface area contributed by atoms with Crippen molar-refractivity contribution in [1.29, 1.82) is 0 Å². The number of nitro groups is 4. The standard InChI is InChI=1S/2C10H12N2O5/c2*1-3-6(2)8-4-7(11(14)15)5-9(10(8)13)12(16)17/h2*4-6,13H,3H2,1-2H3. The smallest absolute Gasteiger partial charge is 0.317 e. The first-order valence-electron chi connectivity index (χ1n) is 10.1. The summed E-state index contributed by atoms with van der Waals surface area (Å²) in [4.78, 5) is 39.6. The quantitative estimate of drug-likeness (QED) is 0.360. The van der Waals surface area contributed by atoms with Gasteiger partial charge in [-0.3, -0.25) is 40.5 Å². The lowest BCUT2D eigenvalue weighted by atomic mass is 9.96. The Morgan fingerprint density at radius 1 is 0.647 bits per heavy atom. The lowest BCUT2D eigenvalue weighted by Gasteiger charge is -2.10. The molecule has 0 saturated carbocycles. The molecule has 2 N–H and O–H groups in total. The van der Waals surface area contributed by atoms with Crippen LogP contribution in [0.4, 0.5) is 22.7 Å². The maximum atomic E-state index is 10.7. The van der Waals surface area contributed by atoms with Gasteiger partial charge in [0.15, 0.2) is 11.5 Å². The largest absolute Gasteiger partial charge is 0.502 e. The average molecular weight is 480 g/mol. The highest BCUT2D eigenvalue weighted by Gasteiger charge is 2.26. The SMILES string of the molecule is CCC(C)c1cc([N+](=O)[O-])cc([N+](=O)[O-])c1O.CCC(C)c1cc([N+](=O)[O-])cc([N+](=O)[O-])c1O. The number of phenolic OH excluding ortho intramolecular Hbond substituents is 2. The first kappa shape index (κ1) is 27.7. The summed E-state index contributed by atoms with van der Waals surface area (Å²) in [6.45, 7) is 7.13. The van der Waals surface area contributed by atoms with Crippen LogP contribution >= 0.6 is 0 Å². The molecule has 0 saturated heterocycles. The second-order valence-electron chi connectivity index (χ2n) is 7.45. The number of hydrogen-bond donors (Lipinski definition) is 2. The van der Waals surface area contributed by atoms with Crippen molar-refractivity contribution in [2.75, 3.05) is 0 Å². The molecule has 2 atom stereocenters. The predicted molar refractivity (Wildman–Crippen MR) is 120 cm³/mol. The molecule has 14 nitrogen and oxygen atoms in total. The molecular formula is C20H24N4O10. The van der Waals surface area contributed by atoms with Crippen molar-refractivity contribution in [3.8, 4) is 11.5 Å². The third-order valence-electron chi connectivity index (χ3n) is 5.31. The van der Waals surface area contributed by atoms with E-state index in [9.17, 15) is 50.7 Å². The van der Waals surface area contributed by atoms with Gasteiger partial charge in [-0.05, 0) is 24.7 Å². The molecule has 14 heteroatoms. The number of benzene rings is 2. The van der Waals surface area contributed by atoms with E-state index in [-0.39, 0.29) is 34.3 Å². The number of rotatable bonds is 8. The molecule has 2 aromatic carbocycles. The summed E-state index contributed by atoms with van der Waals surface area (Å²) in [6.07, 6.45) is 1.23. The van der Waals surface area contributed by atoms with Crippen LogP contribution in [0.2, 0.25) is 0 Å². The molecule has 0 amide bonds. The zero-order valence-corrected chi connectivity index (χ0v) is 18.8. The molecule has 0 aromatic heterocycles. The molecule has 34 heavy (non-hydrogen) atoms. The van der Waals surface area contributed by atoms with Crippen LogP contribution in [0.25, 0.3) is 0 Å². The van der Waals surface area contributed by atoms with Crippen LogP contribution in [-0.2, 0) is 0 Å². The van der Waals surface area contributed by atoms with Gasteiger partial charge in [0.05, 0.1) is 31.8 Å². The summed E-state index contributed by atoms with van der Waals surface area (Å²) in [5.74, 6) is -1.35. The Labute approximate surface area is 193 Å². The van der Waals surface area contributed by atoms with Gasteiger partial charge in [-0.15, -0.1) is 0 Å². The summed E-state index contributed by atoms with van der Waals surface area (Å²) in [6, 6.07) is 3.88. The first-order chi connectivity index (χ1) is 15.8. The second kappa shape index (κ2) is 11.5. The van der Waals surface area contributed by atoms with Crippen LogP contribution in [-0.4, -0.2) is 29.9 Å². The maximum Gasteiger partial charge on any atom is 0.317 e. The Morgan fingerprint density at radius 3 is 1.15 bits per heavy atom. The zero-order valence-electron chi connectivity index (χ0n) is 18.8. The van der Waals surface area contributed by atoms with E-state index in [2.05, 4.69) is 0 Å². The Morgan fingerprint density at radius 2 is 0.941 bits per heavy atom. The van der Waals surface area contributed by atoms with E-state index in [4.69, 9.17) is 0 Å². The van der Waals surface area contributed by atoms with Gasteiger partial charge >= 0.3 is 11.4 Å². The van der Waals surface area contributed by atoms with Crippen molar-refractivity contribution in [3.63, 3.8) is 0 Å². The minimum atomic E-state index is -0.825. The Hall–Kier alpha value is -4.36. The average Bonchev–Trinajstić information content (AvgIpc) is 2.77. The summed E-state index contributed by atoms with van der Waals surface area (Å²) < 4.78 is 0. The van der Waals surface area contributed by atoms with E-state index < -0.39 is 42.6 Å². The van der Waals surface area contributed by atoms with Crippen molar-refractivity contribution in [2.24, 2.45) is 0 Å². The van der Waals surface area contributed by atoms with E-state index in [1.165, 1.54) is 12.1 Å². The number of hydrogen-bond acceptors (Lipinski definition) is 10. The molecule has 0 aliphatic heterocycles. The third kappa shape index (κ3) is 6.34. The summed E-state index contributed by atoms with van der Waals surface area (Å²) in [7, 11) is 0. The molecular weight excluding hydrogens is 456 g/mol. The van der Waals surface area contributed by atoms with Gasteiger partial charge in [0.1, 0.15) is 0 Å². The van der Waals surface area contributed by atoms with Gasteiger partial charge in [-0.1, -0.05) is 27.7 Å². The number of nitrogens with zero attached hydrogens (tertiary/aromatic N) is 4. The van der Waals surface area contributed by atoms with Crippen molar-refractivity contribution in [3.05, 3.63) is 75.8 Å². The molecule has 2 aromatic rings. The van der Waals surface area contributed by atoms with Crippen LogP contribution in [0.5, 0.6) is 11.5 Å². The third-order valence-corrected chi connectivity index (χ3v) is 5.31. The Bertz CT molecular complexity index is 1030. The molecule has 184 valence electrons. The number of non-ortho nitro benzene ring substituents is 2. The summed E-state index contributed by atoms with van der Waals surface area (Å²) >= 11 is 0. The fourth-order valence-electron chi connectivity index (χ4n) is 2.93. The summed E-state index contributed by atoms with van der Waals surface area (Å²) in [5, 5.41) is 62.1. The van der Waals surface area contributed by atoms with Gasteiger partial charge in [0.2, 0.25) is 0 Å². The van der Waals surface area contributed by atoms with Gasteiger partial charge in [-0.2, -0.15) is 0 Å². The topological polar surface area (TPSA) is 213 Å². The Kier molecular flexibility index (Phi) is 9.35. The van der Waals surface area contributed by atoms with Crippen LogP contribution < -0.4 is 0 Å². The van der Waals surface area contributed by atoms with Crippen molar-refractivity contribution >= 4 is 22.7 Å². The fourth-order valence-corrected chi connectivity index (χ4v) is 2.93. The van der Waals surface area contributed by atoms with Crippen LogP contribution in [0.1, 0.15) is 63.5 Å². The first-order valence-corrected chi connectivity index (χ1v) is 10.1. The highest BCUT2D eigenvalue weighted by molar-refractivity contribution is 5.59. The van der Waals surface area contributed by atoms with Gasteiger partial charge < -0.3 is 10.2 Å². The highest BCUT2D eigenvalue weighted by atomic mass is 16.6. The molecule has 0 bridgehead atoms. The van der Waals surface area contributed by atoms with Crippen LogP contribution in [0, 0.1) is 40.5 Å². The number of aromatic hydroxyl groups is 2. The van der Waals surface area contributed by atoms with Crippen LogP contribution in [0.3, 0.4) is 0 Å². The predicted octanol–water partition coefficient (Wildman–Crippen LogP) is 5.44. The molecule has 0 aliphatic rings. The Balaban J connectivity index is 0.000000340. The molecule has 0 aliphatic carbocycles. The van der Waals surface area contributed by atoms with Crippen molar-refractivity contribution in [2.45, 2.75) is 52.4 Å². The molecule has 2 unspecified atom stereocenters. The lowest BCUT2D eigenvalue weighted by Crippen LogP contribution is -1.99. The summed E-state index contributed by atoms with van der Waals surface area (Å²) in [5.41, 5.74) is -1.57. The van der Waals surface area contributed by atoms with Gasteiger partial charge in [-0.25, -0.2) is 0 Å². The van der Waals surface area contributed by atoms with E-state index >= 15 is 0 Å².